The Balaban J connectivity index is 1.32. The number of aromatic nitrogens is 1. The quantitative estimate of drug-likeness (QED) is 0.0616. The highest BCUT2D eigenvalue weighted by atomic mass is 35.5. The molecule has 9 heteroatoms. The van der Waals surface area contributed by atoms with Crippen molar-refractivity contribution in [2.45, 2.75) is 70.8 Å². The van der Waals surface area contributed by atoms with Crippen LogP contribution in [0.5, 0.6) is 5.75 Å². The monoisotopic (exact) mass is 648 g/mol. The van der Waals surface area contributed by atoms with Crippen LogP contribution in [-0.4, -0.2) is 47.6 Å². The molecule has 5 rings (SSSR count). The molecule has 1 aliphatic heterocycles. The summed E-state index contributed by atoms with van der Waals surface area (Å²) in [6, 6.07) is 22.2. The van der Waals surface area contributed by atoms with E-state index in [-0.39, 0.29) is 17.9 Å². The number of piperidine rings is 1. The van der Waals surface area contributed by atoms with Gasteiger partial charge in [0.15, 0.2) is 0 Å². The van der Waals surface area contributed by atoms with E-state index in [1.54, 1.807) is 24.3 Å². The lowest BCUT2D eigenvalue weighted by Crippen LogP contribution is -2.42. The van der Waals surface area contributed by atoms with E-state index < -0.39 is 0 Å². The third-order valence-electron chi connectivity index (χ3n) is 8.42. The fraction of sp³-hybridized carbons (Fsp3) is 0.389. The molecule has 2 heterocycles. The fourth-order valence-corrected chi connectivity index (χ4v) is 6.47. The molecule has 1 fully saturated rings. The number of hydrogen-bond acceptors (Lipinski definition) is 5. The van der Waals surface area contributed by atoms with Crippen molar-refractivity contribution in [2.75, 3.05) is 25.0 Å². The smallest absolute Gasteiger partial charge is 0.311 e. The van der Waals surface area contributed by atoms with Crippen LogP contribution in [0.25, 0.3) is 10.9 Å². The first-order valence-corrected chi connectivity index (χ1v) is 16.7. The maximum Gasteiger partial charge on any atom is 0.311 e. The molecule has 0 spiro atoms. The minimum Gasteiger partial charge on any atom is -0.466 e. The van der Waals surface area contributed by atoms with Crippen LogP contribution in [0.1, 0.15) is 75.1 Å². The number of amidine groups is 1. The van der Waals surface area contributed by atoms with Gasteiger partial charge in [-0.2, -0.15) is 0 Å². The van der Waals surface area contributed by atoms with Crippen molar-refractivity contribution in [3.8, 4) is 5.75 Å². The van der Waals surface area contributed by atoms with Gasteiger partial charge in [-0.1, -0.05) is 48.7 Å². The van der Waals surface area contributed by atoms with Gasteiger partial charge in [0.25, 0.3) is 6.02 Å². The van der Waals surface area contributed by atoms with Crippen LogP contribution in [0.3, 0.4) is 0 Å². The maximum atomic E-state index is 12.7. The lowest BCUT2D eigenvalue weighted by molar-refractivity contribution is -0.134. The first-order chi connectivity index (χ1) is 21.8. The summed E-state index contributed by atoms with van der Waals surface area (Å²) in [6.07, 6.45) is 5.61. The maximum absolute atomic E-state index is 12.7. The Morgan fingerprint density at radius 2 is 1.73 bits per heavy atom. The van der Waals surface area contributed by atoms with Crippen LogP contribution >= 0.6 is 23.2 Å². The Morgan fingerprint density at radius 3 is 2.42 bits per heavy atom. The van der Waals surface area contributed by atoms with Gasteiger partial charge in [-0.25, -0.2) is 0 Å². The number of likely N-dealkylation sites (tertiary alicyclic amines) is 1. The molecule has 0 bridgehead atoms. The van der Waals surface area contributed by atoms with Crippen LogP contribution in [-0.2, 0) is 16.0 Å². The second kappa shape index (κ2) is 15.5. The lowest BCUT2D eigenvalue weighted by Gasteiger charge is -2.33. The first kappa shape index (κ1) is 32.7. The highest BCUT2D eigenvalue weighted by Gasteiger charge is 2.24. The number of anilines is 1. The number of esters is 1. The van der Waals surface area contributed by atoms with Crippen molar-refractivity contribution in [2.24, 2.45) is 0 Å². The number of fused-ring (bicyclic) bond motifs is 1. The Kier molecular flexibility index (Phi) is 11.3. The Morgan fingerprint density at radius 1 is 1.02 bits per heavy atom. The van der Waals surface area contributed by atoms with Crippen molar-refractivity contribution in [1.82, 2.24) is 9.88 Å². The molecule has 0 amide bonds. The second-order valence-electron chi connectivity index (χ2n) is 11.6. The van der Waals surface area contributed by atoms with Gasteiger partial charge < -0.3 is 24.7 Å². The molecular weight excluding hydrogens is 607 g/mol. The minimum absolute atomic E-state index is 0.0722. The van der Waals surface area contributed by atoms with E-state index in [0.717, 1.165) is 66.8 Å². The van der Waals surface area contributed by atoms with Crippen molar-refractivity contribution >= 4 is 51.8 Å². The lowest BCUT2D eigenvalue weighted by atomic mass is 9.87. The molecule has 1 unspecified atom stereocenters. The van der Waals surface area contributed by atoms with Crippen molar-refractivity contribution in [1.29, 1.82) is 5.41 Å². The number of carbonyl (C=O) groups excluding carboxylic acids is 1. The molecule has 238 valence electrons. The molecule has 7 nitrogen and oxygen atoms in total. The van der Waals surface area contributed by atoms with Crippen LogP contribution in [0, 0.1) is 5.41 Å². The van der Waals surface area contributed by atoms with Gasteiger partial charge in [-0.3, -0.25) is 10.2 Å². The number of ether oxygens (including phenoxy) is 2. The second-order valence-corrected chi connectivity index (χ2v) is 12.5. The van der Waals surface area contributed by atoms with E-state index in [1.165, 1.54) is 16.8 Å². The zero-order valence-corrected chi connectivity index (χ0v) is 27.5. The average molecular weight is 650 g/mol. The van der Waals surface area contributed by atoms with Crippen LogP contribution in [0.15, 0.2) is 66.7 Å². The van der Waals surface area contributed by atoms with E-state index >= 15 is 0 Å². The van der Waals surface area contributed by atoms with E-state index in [0.29, 0.717) is 36.3 Å². The van der Waals surface area contributed by atoms with Crippen molar-refractivity contribution in [3.05, 3.63) is 93.6 Å². The third kappa shape index (κ3) is 8.53. The number of aromatic amines is 1. The van der Waals surface area contributed by atoms with Crippen LogP contribution in [0.4, 0.5) is 5.69 Å². The third-order valence-corrected chi connectivity index (χ3v) is 8.90. The van der Waals surface area contributed by atoms with E-state index in [9.17, 15) is 4.79 Å². The molecule has 1 aliphatic rings. The molecule has 3 N–H and O–H groups in total. The Hall–Kier alpha value is -3.68. The zero-order chi connectivity index (χ0) is 31.8. The van der Waals surface area contributed by atoms with E-state index in [1.807, 2.05) is 17.9 Å². The first-order valence-electron chi connectivity index (χ1n) is 15.9. The zero-order valence-electron chi connectivity index (χ0n) is 26.0. The average Bonchev–Trinajstić information content (AvgIpc) is 3.38. The highest BCUT2D eigenvalue weighted by molar-refractivity contribution is 6.31. The standard InChI is InChI=1S/C36H42Cl2N4O3/c1-3-6-31-32-23-26(38)13-18-33(32)41-35(31)30(7-5-8-34(43)45-29-16-11-25(37)12-17-29)24-9-14-27(15-10-24)40-28-19-21-42(22-20-28)36(39)44-4-2/h9-18,23,28,30,39-41H,3-8,19-22H2,1-2H3. The topological polar surface area (TPSA) is 90.4 Å². The summed E-state index contributed by atoms with van der Waals surface area (Å²) in [6.45, 7) is 6.24. The molecule has 0 radical (unpaired) electrons. The predicted molar refractivity (Wildman–Crippen MR) is 184 cm³/mol. The molecule has 3 aromatic carbocycles. The van der Waals surface area contributed by atoms with Gasteiger partial charge in [0.1, 0.15) is 5.75 Å². The number of aryl methyl sites for hydroxylation is 1. The molecule has 1 saturated heterocycles. The summed E-state index contributed by atoms with van der Waals surface area (Å²) >= 11 is 12.4. The summed E-state index contributed by atoms with van der Waals surface area (Å²) in [5.74, 6) is 0.318. The predicted octanol–water partition coefficient (Wildman–Crippen LogP) is 9.18. The Labute approximate surface area is 275 Å². The summed E-state index contributed by atoms with van der Waals surface area (Å²) in [4.78, 5) is 18.4. The van der Waals surface area contributed by atoms with Crippen LogP contribution < -0.4 is 10.1 Å². The summed E-state index contributed by atoms with van der Waals surface area (Å²) in [7, 11) is 0. The minimum atomic E-state index is -0.254. The van der Waals surface area contributed by atoms with Gasteiger partial charge in [-0.15, -0.1) is 0 Å². The summed E-state index contributed by atoms with van der Waals surface area (Å²) in [5.41, 5.74) is 5.83. The SMILES string of the molecule is CCCc1c(C(CCCC(=O)Oc2ccc(Cl)cc2)c2ccc(NC3CCN(C(=N)OCC)CC3)cc2)[nH]c2ccc(Cl)cc12. The fourth-order valence-electron chi connectivity index (χ4n) is 6.17. The summed E-state index contributed by atoms with van der Waals surface area (Å²) < 4.78 is 10.9. The largest absolute Gasteiger partial charge is 0.466 e. The van der Waals surface area contributed by atoms with Gasteiger partial charge >= 0.3 is 5.97 Å². The number of H-pyrrole nitrogens is 1. The van der Waals surface area contributed by atoms with Crippen molar-refractivity contribution in [3.63, 3.8) is 0 Å². The molecule has 1 aromatic heterocycles. The number of halogens is 2. The molecular formula is C36H42Cl2N4O3. The number of carbonyl (C=O) groups is 1. The van der Waals surface area contributed by atoms with Crippen LogP contribution in [0.2, 0.25) is 10.0 Å². The molecule has 0 saturated carbocycles. The number of nitrogens with one attached hydrogen (secondary N) is 3. The molecule has 45 heavy (non-hydrogen) atoms. The molecule has 1 atom stereocenters. The molecule has 4 aromatic rings. The summed E-state index contributed by atoms with van der Waals surface area (Å²) in [5, 5.41) is 14.2. The van der Waals surface area contributed by atoms with E-state index in [4.69, 9.17) is 38.1 Å². The molecule has 0 aliphatic carbocycles. The van der Waals surface area contributed by atoms with E-state index in [2.05, 4.69) is 53.6 Å². The number of rotatable bonds is 12. The Bertz CT molecular complexity index is 1580. The van der Waals surface area contributed by atoms with Crippen molar-refractivity contribution < 1.29 is 14.3 Å². The number of benzene rings is 3. The van der Waals surface area contributed by atoms with Gasteiger partial charge in [0.05, 0.1) is 6.61 Å². The normalized spacial score (nSPS) is 14.4. The van der Waals surface area contributed by atoms with Gasteiger partial charge in [-0.05, 0) is 105 Å². The van der Waals surface area contributed by atoms with Gasteiger partial charge in [0.2, 0.25) is 0 Å². The van der Waals surface area contributed by atoms with Gasteiger partial charge in [0, 0.05) is 63.8 Å². The number of nitrogens with zero attached hydrogens (tertiary/aromatic N) is 1. The highest BCUT2D eigenvalue weighted by Crippen LogP contribution is 2.37. The number of hydrogen-bond donors (Lipinski definition) is 3.